The Morgan fingerprint density at radius 1 is 1.25 bits per heavy atom. The van der Waals surface area contributed by atoms with Crippen molar-refractivity contribution in [1.82, 2.24) is 0 Å². The summed E-state index contributed by atoms with van der Waals surface area (Å²) in [7, 11) is 0. The average molecular weight is 238 g/mol. The van der Waals surface area contributed by atoms with Gasteiger partial charge in [-0.15, -0.1) is 0 Å². The lowest BCUT2D eigenvalue weighted by atomic mass is 10.1. The van der Waals surface area contributed by atoms with Crippen molar-refractivity contribution in [1.29, 1.82) is 0 Å². The van der Waals surface area contributed by atoms with Gasteiger partial charge >= 0.3 is 0 Å². The Labute approximate surface area is 106 Å². The molecule has 0 aromatic heterocycles. The van der Waals surface area contributed by atoms with E-state index in [1.54, 1.807) is 11.8 Å². The second-order valence-electron chi connectivity index (χ2n) is 3.07. The lowest BCUT2D eigenvalue weighted by molar-refractivity contribution is 1.17. The molecular formula is C15H26S. The van der Waals surface area contributed by atoms with Crippen molar-refractivity contribution < 1.29 is 0 Å². The van der Waals surface area contributed by atoms with Gasteiger partial charge in [-0.05, 0) is 38.2 Å². The minimum atomic E-state index is 1.09. The van der Waals surface area contributed by atoms with Crippen LogP contribution >= 0.6 is 11.8 Å². The van der Waals surface area contributed by atoms with Crippen molar-refractivity contribution in [3.63, 3.8) is 0 Å². The van der Waals surface area contributed by atoms with Crippen molar-refractivity contribution in [2.24, 2.45) is 0 Å². The quantitative estimate of drug-likeness (QED) is 0.522. The van der Waals surface area contributed by atoms with Crippen LogP contribution in [0.1, 0.15) is 48.0 Å². The standard InChI is InChI=1S/C13H20S.C2H6/c1-6-9-11(4)12(5)13(10-7-2)14-8-3;1-2/h7-10H,3,6H2,1-2,4-5H3;1-2H3/b10-7-,11-9-,13-12+;. The molecule has 0 heterocycles. The lowest BCUT2D eigenvalue weighted by Gasteiger charge is -2.06. The molecule has 0 N–H and O–H groups in total. The highest BCUT2D eigenvalue weighted by molar-refractivity contribution is 8.06. The fourth-order valence-corrected chi connectivity index (χ4v) is 1.88. The molecule has 0 amide bonds. The summed E-state index contributed by atoms with van der Waals surface area (Å²) in [6.45, 7) is 16.3. The predicted octanol–water partition coefficient (Wildman–Crippen LogP) is 6.10. The molecule has 92 valence electrons. The van der Waals surface area contributed by atoms with E-state index >= 15 is 0 Å². The van der Waals surface area contributed by atoms with Gasteiger partial charge in [0.05, 0.1) is 0 Å². The largest absolute Gasteiger partial charge is 0.0984 e. The van der Waals surface area contributed by atoms with Gasteiger partial charge in [0.25, 0.3) is 0 Å². The fourth-order valence-electron chi connectivity index (χ4n) is 1.15. The van der Waals surface area contributed by atoms with Gasteiger partial charge in [-0.1, -0.05) is 62.9 Å². The average Bonchev–Trinajstić information content (AvgIpc) is 2.31. The van der Waals surface area contributed by atoms with Crippen LogP contribution in [0.2, 0.25) is 0 Å². The summed E-state index contributed by atoms with van der Waals surface area (Å²) >= 11 is 1.68. The molecule has 0 unspecified atom stereocenters. The Kier molecular flexibility index (Phi) is 13.7. The van der Waals surface area contributed by atoms with E-state index in [1.807, 2.05) is 26.2 Å². The van der Waals surface area contributed by atoms with E-state index in [0.717, 1.165) is 6.42 Å². The van der Waals surface area contributed by atoms with Crippen LogP contribution in [0.5, 0.6) is 0 Å². The summed E-state index contributed by atoms with van der Waals surface area (Å²) in [5, 5.41) is 1.87. The summed E-state index contributed by atoms with van der Waals surface area (Å²) in [4.78, 5) is 1.28. The van der Waals surface area contributed by atoms with Crippen molar-refractivity contribution in [3.8, 4) is 0 Å². The molecule has 0 rings (SSSR count). The van der Waals surface area contributed by atoms with Crippen LogP contribution in [-0.4, -0.2) is 0 Å². The SMILES string of the molecule is C=CSC(/C=C\C)=C(C)/C(C)=C\CC.CC. The third kappa shape index (κ3) is 7.58. The molecule has 0 aliphatic heterocycles. The second-order valence-corrected chi connectivity index (χ2v) is 4.08. The van der Waals surface area contributed by atoms with Gasteiger partial charge in [0.15, 0.2) is 0 Å². The molecule has 0 saturated carbocycles. The molecule has 16 heavy (non-hydrogen) atoms. The Bertz CT molecular complexity index is 267. The van der Waals surface area contributed by atoms with E-state index in [1.165, 1.54) is 16.1 Å². The van der Waals surface area contributed by atoms with Gasteiger partial charge in [-0.25, -0.2) is 0 Å². The van der Waals surface area contributed by atoms with Gasteiger partial charge in [-0.3, -0.25) is 0 Å². The van der Waals surface area contributed by atoms with Crippen molar-refractivity contribution in [2.75, 3.05) is 0 Å². The fraction of sp³-hybridized carbons (Fsp3) is 0.467. The molecule has 0 spiro atoms. The van der Waals surface area contributed by atoms with Crippen LogP contribution in [0.4, 0.5) is 0 Å². The summed E-state index contributed by atoms with van der Waals surface area (Å²) < 4.78 is 0. The number of allylic oxidation sites excluding steroid dienone is 5. The molecular weight excluding hydrogens is 212 g/mol. The Balaban J connectivity index is 0. The van der Waals surface area contributed by atoms with Crippen LogP contribution in [0, 0.1) is 0 Å². The first kappa shape index (κ1) is 17.7. The highest BCUT2D eigenvalue weighted by atomic mass is 32.2. The minimum absolute atomic E-state index is 1.09. The molecule has 0 saturated heterocycles. The predicted molar refractivity (Wildman–Crippen MR) is 80.7 cm³/mol. The summed E-state index contributed by atoms with van der Waals surface area (Å²) in [5.74, 6) is 0. The van der Waals surface area contributed by atoms with Gasteiger partial charge < -0.3 is 0 Å². The minimum Gasteiger partial charge on any atom is -0.0984 e. The summed E-state index contributed by atoms with van der Waals surface area (Å²) in [6.07, 6.45) is 7.54. The normalized spacial score (nSPS) is 13.0. The topological polar surface area (TPSA) is 0 Å². The molecule has 1 heteroatoms. The van der Waals surface area contributed by atoms with E-state index in [9.17, 15) is 0 Å². The number of rotatable bonds is 5. The van der Waals surface area contributed by atoms with Crippen LogP contribution in [0.3, 0.4) is 0 Å². The van der Waals surface area contributed by atoms with Crippen LogP contribution in [-0.2, 0) is 0 Å². The maximum absolute atomic E-state index is 3.75. The smallest absolute Gasteiger partial charge is 0.0144 e. The lowest BCUT2D eigenvalue weighted by Crippen LogP contribution is -1.83. The third-order valence-corrected chi connectivity index (χ3v) is 2.86. The van der Waals surface area contributed by atoms with Gasteiger partial charge in [0.1, 0.15) is 0 Å². The zero-order chi connectivity index (χ0) is 13.0. The zero-order valence-electron chi connectivity index (χ0n) is 11.6. The summed E-state index contributed by atoms with van der Waals surface area (Å²) in [6, 6.07) is 0. The monoisotopic (exact) mass is 238 g/mol. The maximum atomic E-state index is 3.75. The Morgan fingerprint density at radius 2 is 1.81 bits per heavy atom. The zero-order valence-corrected chi connectivity index (χ0v) is 12.4. The second kappa shape index (κ2) is 12.4. The summed E-state index contributed by atoms with van der Waals surface area (Å²) in [5.41, 5.74) is 2.70. The molecule has 0 fully saturated rings. The van der Waals surface area contributed by atoms with Crippen LogP contribution in [0.15, 0.2) is 46.3 Å². The Morgan fingerprint density at radius 3 is 2.19 bits per heavy atom. The first-order chi connectivity index (χ1) is 7.67. The van der Waals surface area contributed by atoms with Gasteiger partial charge in [-0.2, -0.15) is 0 Å². The Hall–Kier alpha value is -0.690. The molecule has 0 radical (unpaired) electrons. The maximum Gasteiger partial charge on any atom is 0.0144 e. The van der Waals surface area contributed by atoms with E-state index in [4.69, 9.17) is 0 Å². The van der Waals surface area contributed by atoms with Crippen molar-refractivity contribution >= 4 is 11.8 Å². The number of hydrogen-bond donors (Lipinski definition) is 0. The third-order valence-electron chi connectivity index (χ3n) is 2.00. The van der Waals surface area contributed by atoms with E-state index in [2.05, 4.69) is 45.6 Å². The van der Waals surface area contributed by atoms with Gasteiger partial charge in [0, 0.05) is 4.91 Å². The molecule has 0 bridgehead atoms. The molecule has 0 aliphatic carbocycles. The van der Waals surface area contributed by atoms with Crippen molar-refractivity contribution in [2.45, 2.75) is 48.0 Å². The van der Waals surface area contributed by atoms with E-state index in [-0.39, 0.29) is 0 Å². The highest BCUT2D eigenvalue weighted by Crippen LogP contribution is 2.26. The first-order valence-corrected chi connectivity index (χ1v) is 6.83. The van der Waals surface area contributed by atoms with Crippen molar-refractivity contribution in [3.05, 3.63) is 46.3 Å². The van der Waals surface area contributed by atoms with Crippen LogP contribution in [0.25, 0.3) is 0 Å². The molecule has 0 atom stereocenters. The molecule has 0 nitrogen and oxygen atoms in total. The van der Waals surface area contributed by atoms with Crippen LogP contribution < -0.4 is 0 Å². The van der Waals surface area contributed by atoms with Gasteiger partial charge in [0.2, 0.25) is 0 Å². The molecule has 0 aromatic carbocycles. The first-order valence-electron chi connectivity index (χ1n) is 5.95. The molecule has 0 aliphatic rings. The van der Waals surface area contributed by atoms with E-state index < -0.39 is 0 Å². The molecule has 0 aromatic rings. The number of hydrogen-bond acceptors (Lipinski definition) is 1. The van der Waals surface area contributed by atoms with E-state index in [0.29, 0.717) is 0 Å². The highest BCUT2D eigenvalue weighted by Gasteiger charge is 1.99. The number of thioether (sulfide) groups is 1.